The SMILES string of the molecule is CCCCCCCCCCCCOc1nc(-c2ccc3cc4ccccc4cc3c2)nc(-c2ccccc2O)n1. The average Bonchev–Trinajstić information content (AvgIpc) is 2.98. The number of para-hydroxylation sites is 1. The highest BCUT2D eigenvalue weighted by molar-refractivity contribution is 5.99. The predicted octanol–water partition coefficient (Wildman–Crippen LogP) is 9.52. The summed E-state index contributed by atoms with van der Waals surface area (Å²) < 4.78 is 6.04. The van der Waals surface area contributed by atoms with Crippen molar-refractivity contribution in [2.24, 2.45) is 0 Å². The summed E-state index contributed by atoms with van der Waals surface area (Å²) in [5.41, 5.74) is 1.44. The number of phenols is 1. The van der Waals surface area contributed by atoms with Crippen molar-refractivity contribution >= 4 is 21.5 Å². The molecule has 0 aliphatic carbocycles. The van der Waals surface area contributed by atoms with Gasteiger partial charge in [0, 0.05) is 5.56 Å². The number of unbranched alkanes of at least 4 members (excludes halogenated alkanes) is 9. The van der Waals surface area contributed by atoms with E-state index in [4.69, 9.17) is 9.72 Å². The van der Waals surface area contributed by atoms with Gasteiger partial charge in [0.05, 0.1) is 12.2 Å². The Labute approximate surface area is 237 Å². The molecule has 0 unspecified atom stereocenters. The number of hydrogen-bond donors (Lipinski definition) is 1. The quantitative estimate of drug-likeness (QED) is 0.114. The lowest BCUT2D eigenvalue weighted by molar-refractivity contribution is 0.281. The van der Waals surface area contributed by atoms with Crippen molar-refractivity contribution in [2.75, 3.05) is 6.61 Å². The zero-order valence-electron chi connectivity index (χ0n) is 23.5. The van der Waals surface area contributed by atoms with E-state index in [1.807, 2.05) is 18.2 Å². The van der Waals surface area contributed by atoms with Gasteiger partial charge in [-0.05, 0) is 58.3 Å². The number of aromatic nitrogens is 3. The van der Waals surface area contributed by atoms with Gasteiger partial charge in [-0.1, -0.05) is 113 Å². The average molecular weight is 534 g/mol. The lowest BCUT2D eigenvalue weighted by Crippen LogP contribution is -2.05. The van der Waals surface area contributed by atoms with E-state index in [1.165, 1.54) is 62.1 Å². The molecule has 0 amide bonds. The van der Waals surface area contributed by atoms with Crippen LogP contribution in [-0.4, -0.2) is 26.7 Å². The highest BCUT2D eigenvalue weighted by atomic mass is 16.5. The van der Waals surface area contributed by atoms with E-state index in [-0.39, 0.29) is 11.8 Å². The number of aromatic hydroxyl groups is 1. The highest BCUT2D eigenvalue weighted by Crippen LogP contribution is 2.31. The third kappa shape index (κ3) is 7.15. The largest absolute Gasteiger partial charge is 0.507 e. The predicted molar refractivity (Wildman–Crippen MR) is 165 cm³/mol. The summed E-state index contributed by atoms with van der Waals surface area (Å²) in [6.45, 7) is 2.82. The molecule has 5 heteroatoms. The van der Waals surface area contributed by atoms with Crippen molar-refractivity contribution in [3.63, 3.8) is 0 Å². The molecular formula is C35H39N3O2. The van der Waals surface area contributed by atoms with Crippen molar-refractivity contribution in [3.05, 3.63) is 78.9 Å². The second-order valence-electron chi connectivity index (χ2n) is 10.6. The summed E-state index contributed by atoms with van der Waals surface area (Å²) in [6, 6.07) is 26.4. The first-order chi connectivity index (χ1) is 19.7. The van der Waals surface area contributed by atoms with Crippen LogP contribution >= 0.6 is 0 Å². The first-order valence-corrected chi connectivity index (χ1v) is 14.8. The van der Waals surface area contributed by atoms with Crippen LogP contribution in [-0.2, 0) is 0 Å². The van der Waals surface area contributed by atoms with Gasteiger partial charge in [0.25, 0.3) is 0 Å². The van der Waals surface area contributed by atoms with Crippen molar-refractivity contribution in [1.29, 1.82) is 0 Å². The monoisotopic (exact) mass is 533 g/mol. The third-order valence-corrected chi connectivity index (χ3v) is 7.45. The van der Waals surface area contributed by atoms with Crippen LogP contribution in [0.3, 0.4) is 0 Å². The first kappa shape index (κ1) is 27.6. The minimum absolute atomic E-state index is 0.130. The minimum atomic E-state index is 0.130. The molecular weight excluding hydrogens is 494 g/mol. The summed E-state index contributed by atoms with van der Waals surface area (Å²) in [5, 5.41) is 15.2. The summed E-state index contributed by atoms with van der Waals surface area (Å²) in [6.07, 6.45) is 12.7. The molecule has 206 valence electrons. The van der Waals surface area contributed by atoms with Crippen molar-refractivity contribution < 1.29 is 9.84 Å². The first-order valence-electron chi connectivity index (χ1n) is 14.8. The number of ether oxygens (including phenoxy) is 1. The van der Waals surface area contributed by atoms with Crippen LogP contribution in [0.4, 0.5) is 0 Å². The zero-order valence-corrected chi connectivity index (χ0v) is 23.5. The van der Waals surface area contributed by atoms with E-state index in [0.717, 1.165) is 29.2 Å². The topological polar surface area (TPSA) is 68.1 Å². The van der Waals surface area contributed by atoms with E-state index >= 15 is 0 Å². The Hall–Kier alpha value is -3.99. The third-order valence-electron chi connectivity index (χ3n) is 7.45. The summed E-state index contributed by atoms with van der Waals surface area (Å²) in [4.78, 5) is 14.0. The Morgan fingerprint density at radius 3 is 1.90 bits per heavy atom. The van der Waals surface area contributed by atoms with Gasteiger partial charge >= 0.3 is 6.01 Å². The molecule has 5 rings (SSSR count). The Kier molecular flexibility index (Phi) is 9.57. The molecule has 0 saturated heterocycles. The fourth-order valence-electron chi connectivity index (χ4n) is 5.17. The molecule has 0 radical (unpaired) electrons. The second kappa shape index (κ2) is 13.9. The van der Waals surface area contributed by atoms with Gasteiger partial charge in [-0.15, -0.1) is 0 Å². The lowest BCUT2D eigenvalue weighted by atomic mass is 10.0. The van der Waals surface area contributed by atoms with Crippen molar-refractivity contribution in [2.45, 2.75) is 71.1 Å². The molecule has 0 bridgehead atoms. The van der Waals surface area contributed by atoms with Crippen LogP contribution in [0.25, 0.3) is 44.3 Å². The molecule has 0 saturated carbocycles. The molecule has 1 aromatic heterocycles. The maximum Gasteiger partial charge on any atom is 0.320 e. The molecule has 5 aromatic rings. The summed E-state index contributed by atoms with van der Waals surface area (Å²) >= 11 is 0. The van der Waals surface area contributed by atoms with E-state index in [1.54, 1.807) is 12.1 Å². The normalized spacial score (nSPS) is 11.3. The lowest BCUT2D eigenvalue weighted by Gasteiger charge is -2.11. The van der Waals surface area contributed by atoms with Crippen LogP contribution in [0, 0.1) is 0 Å². The molecule has 0 spiro atoms. The van der Waals surface area contributed by atoms with E-state index < -0.39 is 0 Å². The van der Waals surface area contributed by atoms with Crippen LogP contribution < -0.4 is 4.74 Å². The smallest absolute Gasteiger partial charge is 0.320 e. The number of rotatable bonds is 14. The van der Waals surface area contributed by atoms with E-state index in [2.05, 4.69) is 65.4 Å². The molecule has 40 heavy (non-hydrogen) atoms. The maximum absolute atomic E-state index is 10.5. The Morgan fingerprint density at radius 2 is 1.18 bits per heavy atom. The van der Waals surface area contributed by atoms with Gasteiger partial charge in [-0.25, -0.2) is 4.98 Å². The number of nitrogens with zero attached hydrogens (tertiary/aromatic N) is 3. The summed E-state index contributed by atoms with van der Waals surface area (Å²) in [7, 11) is 0. The maximum atomic E-state index is 10.5. The fourth-order valence-corrected chi connectivity index (χ4v) is 5.17. The Morgan fingerprint density at radius 1 is 0.575 bits per heavy atom. The molecule has 0 atom stereocenters. The Bertz CT molecular complexity index is 1550. The van der Waals surface area contributed by atoms with Crippen molar-refractivity contribution in [1.82, 2.24) is 15.0 Å². The standard InChI is InChI=1S/C35H39N3O2/c1-2-3-4-5-6-7-8-9-10-15-22-40-35-37-33(36-34(38-35)31-18-13-14-19-32(31)39)29-21-20-28-23-26-16-11-12-17-27(26)24-30(28)25-29/h11-14,16-21,23-25,39H,2-10,15,22H2,1H3. The van der Waals surface area contributed by atoms with Gasteiger partial charge in [0.15, 0.2) is 11.6 Å². The summed E-state index contributed by atoms with van der Waals surface area (Å²) in [5.74, 6) is 1.06. The molecule has 5 nitrogen and oxygen atoms in total. The molecule has 0 aliphatic rings. The number of hydrogen-bond acceptors (Lipinski definition) is 5. The fraction of sp³-hybridized carbons (Fsp3) is 0.343. The van der Waals surface area contributed by atoms with Gasteiger partial charge < -0.3 is 9.84 Å². The molecule has 0 aliphatic heterocycles. The van der Waals surface area contributed by atoms with Gasteiger partial charge in [-0.2, -0.15) is 9.97 Å². The number of fused-ring (bicyclic) bond motifs is 2. The number of benzene rings is 4. The highest BCUT2D eigenvalue weighted by Gasteiger charge is 2.14. The zero-order chi connectivity index (χ0) is 27.6. The van der Waals surface area contributed by atoms with Crippen molar-refractivity contribution in [3.8, 4) is 34.5 Å². The van der Waals surface area contributed by atoms with Gasteiger partial charge in [0.2, 0.25) is 0 Å². The van der Waals surface area contributed by atoms with Gasteiger partial charge in [-0.3, -0.25) is 0 Å². The second-order valence-corrected chi connectivity index (χ2v) is 10.6. The van der Waals surface area contributed by atoms with E-state index in [9.17, 15) is 5.11 Å². The minimum Gasteiger partial charge on any atom is -0.507 e. The number of phenolic OH excluding ortho intramolecular Hbond substituents is 1. The molecule has 4 aromatic carbocycles. The van der Waals surface area contributed by atoms with Gasteiger partial charge in [0.1, 0.15) is 5.75 Å². The van der Waals surface area contributed by atoms with Crippen LogP contribution in [0.15, 0.2) is 78.9 Å². The van der Waals surface area contributed by atoms with Crippen LogP contribution in [0.2, 0.25) is 0 Å². The van der Waals surface area contributed by atoms with Crippen LogP contribution in [0.5, 0.6) is 11.8 Å². The molecule has 0 fully saturated rings. The van der Waals surface area contributed by atoms with Crippen LogP contribution in [0.1, 0.15) is 71.1 Å². The molecule has 1 N–H and O–H groups in total. The Balaban J connectivity index is 1.30. The van der Waals surface area contributed by atoms with E-state index in [0.29, 0.717) is 23.8 Å². The molecule has 1 heterocycles.